The third kappa shape index (κ3) is 5.45. The second kappa shape index (κ2) is 7.80. The summed E-state index contributed by atoms with van der Waals surface area (Å²) in [7, 11) is 0. The molecule has 0 saturated carbocycles. The molecule has 1 aromatic rings. The molecular weight excluding hydrogens is 280 g/mol. The summed E-state index contributed by atoms with van der Waals surface area (Å²) in [4.78, 5) is 32.1. The van der Waals surface area contributed by atoms with Gasteiger partial charge < -0.3 is 15.8 Å². The molecule has 0 aliphatic rings. The molecular formula is C12H16N4O5. The second-order valence-electron chi connectivity index (χ2n) is 4.04. The van der Waals surface area contributed by atoms with E-state index in [2.05, 4.69) is 5.32 Å². The summed E-state index contributed by atoms with van der Waals surface area (Å²) in [6, 6.07) is 3.41. The van der Waals surface area contributed by atoms with Gasteiger partial charge in [-0.3, -0.25) is 20.2 Å². The first-order chi connectivity index (χ1) is 9.93. The Morgan fingerprint density at radius 3 is 2.71 bits per heavy atom. The number of nitrogens with one attached hydrogen (secondary N) is 2. The predicted octanol–water partition coefficient (Wildman–Crippen LogP) is 0.278. The largest absolute Gasteiger partial charge is 0.477 e. The molecule has 0 atom stereocenters. The van der Waals surface area contributed by atoms with Crippen LogP contribution in [-0.4, -0.2) is 30.0 Å². The number of nitro groups is 1. The monoisotopic (exact) mass is 296 g/mol. The molecule has 0 unspecified atom stereocenters. The van der Waals surface area contributed by atoms with Gasteiger partial charge in [0, 0.05) is 12.6 Å². The Hall–Kier alpha value is -2.68. The van der Waals surface area contributed by atoms with Crippen LogP contribution in [0.4, 0.5) is 10.5 Å². The first kappa shape index (κ1) is 16.4. The molecule has 3 amide bonds. The quantitative estimate of drug-likeness (QED) is 0.488. The predicted molar refractivity (Wildman–Crippen MR) is 73.7 cm³/mol. The van der Waals surface area contributed by atoms with Crippen LogP contribution in [0.5, 0.6) is 5.75 Å². The van der Waals surface area contributed by atoms with E-state index in [0.29, 0.717) is 6.54 Å². The van der Waals surface area contributed by atoms with Gasteiger partial charge in [0.15, 0.2) is 12.4 Å². The van der Waals surface area contributed by atoms with Gasteiger partial charge in [-0.2, -0.15) is 0 Å². The molecule has 0 heterocycles. The number of carbonyl (C=O) groups is 2. The molecule has 1 aromatic carbocycles. The third-order valence-electron chi connectivity index (χ3n) is 2.42. The number of carbonyl (C=O) groups excluding carboxylic acids is 2. The highest BCUT2D eigenvalue weighted by atomic mass is 16.6. The van der Waals surface area contributed by atoms with Crippen molar-refractivity contribution in [3.63, 3.8) is 0 Å². The van der Waals surface area contributed by atoms with Crippen LogP contribution >= 0.6 is 0 Å². The summed E-state index contributed by atoms with van der Waals surface area (Å²) < 4.78 is 5.04. The third-order valence-corrected chi connectivity index (χ3v) is 2.42. The molecule has 4 N–H and O–H groups in total. The maximum absolute atomic E-state index is 11.2. The number of urea groups is 1. The number of nitro benzene ring substituents is 1. The number of hydrogen-bond donors (Lipinski definition) is 3. The highest BCUT2D eigenvalue weighted by Crippen LogP contribution is 2.27. The van der Waals surface area contributed by atoms with Gasteiger partial charge in [-0.05, 0) is 18.2 Å². The van der Waals surface area contributed by atoms with Gasteiger partial charge in [0.05, 0.1) is 4.92 Å². The molecule has 0 bridgehead atoms. The molecule has 1 rings (SSSR count). The summed E-state index contributed by atoms with van der Waals surface area (Å²) in [5.74, 6) is -0.839. The first-order valence-electron chi connectivity index (χ1n) is 6.14. The van der Waals surface area contributed by atoms with Crippen molar-refractivity contribution in [3.05, 3.63) is 33.9 Å². The lowest BCUT2D eigenvalue weighted by molar-refractivity contribution is -0.385. The van der Waals surface area contributed by atoms with Gasteiger partial charge in [0.25, 0.3) is 5.91 Å². The highest BCUT2D eigenvalue weighted by Gasteiger charge is 2.17. The van der Waals surface area contributed by atoms with E-state index in [1.807, 2.05) is 6.92 Å². The van der Waals surface area contributed by atoms with E-state index in [4.69, 9.17) is 10.5 Å². The van der Waals surface area contributed by atoms with Crippen molar-refractivity contribution in [2.75, 3.05) is 13.2 Å². The molecule has 0 aliphatic carbocycles. The van der Waals surface area contributed by atoms with Crippen LogP contribution in [0.1, 0.15) is 12.5 Å². The fourth-order valence-electron chi connectivity index (χ4n) is 1.52. The minimum Gasteiger partial charge on any atom is -0.477 e. The van der Waals surface area contributed by atoms with Crippen molar-refractivity contribution in [1.82, 2.24) is 10.6 Å². The summed E-state index contributed by atoms with van der Waals surface area (Å²) >= 11 is 0. The Morgan fingerprint density at radius 1 is 1.43 bits per heavy atom. The lowest BCUT2D eigenvalue weighted by Crippen LogP contribution is -2.38. The van der Waals surface area contributed by atoms with Crippen LogP contribution < -0.4 is 21.1 Å². The number of nitrogens with two attached hydrogens (primary N) is 1. The van der Waals surface area contributed by atoms with Crippen LogP contribution in [0.2, 0.25) is 0 Å². The summed E-state index contributed by atoms with van der Waals surface area (Å²) in [5, 5.41) is 15.8. The second-order valence-corrected chi connectivity index (χ2v) is 4.04. The smallest absolute Gasteiger partial charge is 0.318 e. The van der Waals surface area contributed by atoms with Crippen molar-refractivity contribution in [1.29, 1.82) is 0 Å². The van der Waals surface area contributed by atoms with Crippen LogP contribution in [0, 0.1) is 10.1 Å². The zero-order valence-corrected chi connectivity index (χ0v) is 11.4. The number of nitrogens with zero attached hydrogens (tertiary/aromatic N) is 1. The number of rotatable bonds is 7. The topological polar surface area (TPSA) is 137 Å². The van der Waals surface area contributed by atoms with Crippen LogP contribution in [0.3, 0.4) is 0 Å². The maximum atomic E-state index is 11.2. The van der Waals surface area contributed by atoms with Crippen LogP contribution in [0.25, 0.3) is 0 Å². The van der Waals surface area contributed by atoms with E-state index in [1.165, 1.54) is 12.1 Å². The van der Waals surface area contributed by atoms with E-state index in [0.717, 1.165) is 12.1 Å². The molecule has 0 aliphatic heterocycles. The minimum absolute atomic E-state index is 0.0557. The Morgan fingerprint density at radius 2 is 2.14 bits per heavy atom. The number of ether oxygens (including phenoxy) is 1. The van der Waals surface area contributed by atoms with Gasteiger partial charge in [0.2, 0.25) is 0 Å². The number of amides is 3. The zero-order chi connectivity index (χ0) is 15.8. The van der Waals surface area contributed by atoms with E-state index in [-0.39, 0.29) is 11.4 Å². The first-order valence-corrected chi connectivity index (χ1v) is 6.14. The Balaban J connectivity index is 2.79. The lowest BCUT2D eigenvalue weighted by Gasteiger charge is -2.08. The van der Waals surface area contributed by atoms with E-state index in [9.17, 15) is 19.7 Å². The minimum atomic E-state index is -1.01. The zero-order valence-electron chi connectivity index (χ0n) is 11.4. The molecule has 9 heteroatoms. The molecule has 9 nitrogen and oxygen atoms in total. The Labute approximate surface area is 120 Å². The molecule has 0 saturated heterocycles. The number of imide groups is 1. The summed E-state index contributed by atoms with van der Waals surface area (Å²) in [6.07, 6.45) is 0. The molecule has 0 spiro atoms. The van der Waals surface area contributed by atoms with Crippen molar-refractivity contribution in [3.8, 4) is 5.75 Å². The van der Waals surface area contributed by atoms with Crippen molar-refractivity contribution in [2.45, 2.75) is 13.5 Å². The standard InChI is InChI=1S/C12H16N4O5/c1-2-14-6-8-3-4-10(9(5-8)16(19)20)21-7-11(17)15-12(13)18/h3-5,14H,2,6-7H2,1H3,(H3,13,15,17,18). The Bertz CT molecular complexity index is 546. The average Bonchev–Trinajstić information content (AvgIpc) is 2.42. The van der Waals surface area contributed by atoms with Gasteiger partial charge in [-0.25, -0.2) is 4.79 Å². The van der Waals surface area contributed by atoms with E-state index in [1.54, 1.807) is 11.4 Å². The fraction of sp³-hybridized carbons (Fsp3) is 0.333. The molecule has 114 valence electrons. The number of hydrogen-bond acceptors (Lipinski definition) is 6. The van der Waals surface area contributed by atoms with Gasteiger partial charge in [-0.1, -0.05) is 13.0 Å². The van der Waals surface area contributed by atoms with Gasteiger partial charge >= 0.3 is 11.7 Å². The lowest BCUT2D eigenvalue weighted by atomic mass is 10.2. The normalized spacial score (nSPS) is 9.95. The van der Waals surface area contributed by atoms with Crippen molar-refractivity contribution >= 4 is 17.6 Å². The summed E-state index contributed by atoms with van der Waals surface area (Å²) in [5.41, 5.74) is 5.23. The van der Waals surface area contributed by atoms with Crippen molar-refractivity contribution < 1.29 is 19.2 Å². The average molecular weight is 296 g/mol. The van der Waals surface area contributed by atoms with Gasteiger partial charge in [0.1, 0.15) is 0 Å². The number of primary amides is 1. The highest BCUT2D eigenvalue weighted by molar-refractivity contribution is 5.94. The van der Waals surface area contributed by atoms with E-state index < -0.39 is 23.5 Å². The maximum Gasteiger partial charge on any atom is 0.318 e. The fourth-order valence-corrected chi connectivity index (χ4v) is 1.52. The SMILES string of the molecule is CCNCc1ccc(OCC(=O)NC(N)=O)c([N+](=O)[O-])c1. The molecule has 0 aromatic heterocycles. The summed E-state index contributed by atoms with van der Waals surface area (Å²) in [6.45, 7) is 2.60. The van der Waals surface area contributed by atoms with Crippen LogP contribution in [0.15, 0.2) is 18.2 Å². The molecule has 0 radical (unpaired) electrons. The molecule has 21 heavy (non-hydrogen) atoms. The Kier molecular flexibility index (Phi) is 6.08. The van der Waals surface area contributed by atoms with Gasteiger partial charge in [-0.15, -0.1) is 0 Å². The van der Waals surface area contributed by atoms with Crippen LogP contribution in [-0.2, 0) is 11.3 Å². The van der Waals surface area contributed by atoms with Crippen molar-refractivity contribution in [2.24, 2.45) is 5.73 Å². The van der Waals surface area contributed by atoms with E-state index >= 15 is 0 Å². The number of benzene rings is 1. The molecule has 0 fully saturated rings.